The van der Waals surface area contributed by atoms with Crippen LogP contribution in [0.25, 0.3) is 0 Å². The maximum atomic E-state index is 5.81. The van der Waals surface area contributed by atoms with E-state index in [4.69, 9.17) is 15.2 Å². The van der Waals surface area contributed by atoms with Crippen LogP contribution in [0.2, 0.25) is 0 Å². The number of aromatic nitrogens is 2. The molecule has 0 radical (unpaired) electrons. The summed E-state index contributed by atoms with van der Waals surface area (Å²) >= 11 is 0. The first-order valence-electron chi connectivity index (χ1n) is 8.70. The lowest BCUT2D eigenvalue weighted by Gasteiger charge is -2.09. The fraction of sp³-hybridized carbons (Fsp3) is 0. The van der Waals surface area contributed by atoms with Crippen molar-refractivity contribution < 1.29 is 9.47 Å². The SMILES string of the molecule is Nc1ccc(Nc2cc(Oc3ccc(Oc4ccccc4)cc3)ncn2)cc1. The van der Waals surface area contributed by atoms with Crippen molar-refractivity contribution >= 4 is 17.2 Å². The van der Waals surface area contributed by atoms with Gasteiger partial charge >= 0.3 is 0 Å². The molecule has 0 amide bonds. The molecule has 3 aromatic carbocycles. The third-order valence-corrected chi connectivity index (χ3v) is 3.85. The van der Waals surface area contributed by atoms with Gasteiger partial charge in [-0.15, -0.1) is 0 Å². The first-order chi connectivity index (χ1) is 13.7. The first kappa shape index (κ1) is 17.4. The summed E-state index contributed by atoms with van der Waals surface area (Å²) in [7, 11) is 0. The minimum Gasteiger partial charge on any atom is -0.457 e. The Morgan fingerprint density at radius 2 is 1.32 bits per heavy atom. The van der Waals surface area contributed by atoms with E-state index in [9.17, 15) is 0 Å². The Morgan fingerprint density at radius 1 is 0.679 bits per heavy atom. The van der Waals surface area contributed by atoms with E-state index in [0.717, 1.165) is 17.2 Å². The molecule has 1 heterocycles. The maximum Gasteiger partial charge on any atom is 0.224 e. The lowest BCUT2D eigenvalue weighted by atomic mass is 10.3. The molecule has 0 unspecified atom stereocenters. The zero-order valence-corrected chi connectivity index (χ0v) is 14.9. The number of rotatable bonds is 6. The summed E-state index contributed by atoms with van der Waals surface area (Å²) in [5, 5.41) is 3.19. The molecule has 0 saturated heterocycles. The van der Waals surface area contributed by atoms with Crippen LogP contribution < -0.4 is 20.5 Å². The second-order valence-electron chi connectivity index (χ2n) is 5.98. The van der Waals surface area contributed by atoms with Gasteiger partial charge in [0.1, 0.15) is 29.4 Å². The first-order valence-corrected chi connectivity index (χ1v) is 8.70. The Morgan fingerprint density at radius 3 is 2.04 bits per heavy atom. The lowest BCUT2D eigenvalue weighted by Crippen LogP contribution is -1.96. The number of benzene rings is 3. The Labute approximate surface area is 162 Å². The lowest BCUT2D eigenvalue weighted by molar-refractivity contribution is 0.456. The van der Waals surface area contributed by atoms with Crippen molar-refractivity contribution in [3.8, 4) is 23.1 Å². The van der Waals surface area contributed by atoms with E-state index in [1.807, 2.05) is 78.9 Å². The monoisotopic (exact) mass is 370 g/mol. The highest BCUT2D eigenvalue weighted by Gasteiger charge is 2.04. The van der Waals surface area contributed by atoms with Crippen molar-refractivity contribution in [3.05, 3.63) is 91.3 Å². The topological polar surface area (TPSA) is 82.3 Å². The van der Waals surface area contributed by atoms with Crippen LogP contribution in [0.5, 0.6) is 23.1 Å². The average molecular weight is 370 g/mol. The predicted octanol–water partition coefficient (Wildman–Crippen LogP) is 5.39. The second kappa shape index (κ2) is 8.09. The van der Waals surface area contributed by atoms with Gasteiger partial charge in [-0.05, 0) is 60.7 Å². The molecule has 28 heavy (non-hydrogen) atoms. The molecule has 0 aliphatic carbocycles. The van der Waals surface area contributed by atoms with Crippen LogP contribution in [0.1, 0.15) is 0 Å². The normalized spacial score (nSPS) is 10.3. The van der Waals surface area contributed by atoms with E-state index in [-0.39, 0.29) is 0 Å². The maximum absolute atomic E-state index is 5.81. The summed E-state index contributed by atoms with van der Waals surface area (Å²) in [5.74, 6) is 3.22. The van der Waals surface area contributed by atoms with Crippen molar-refractivity contribution in [3.63, 3.8) is 0 Å². The summed E-state index contributed by atoms with van der Waals surface area (Å²) in [4.78, 5) is 8.36. The minimum absolute atomic E-state index is 0.435. The van der Waals surface area contributed by atoms with Crippen molar-refractivity contribution in [2.45, 2.75) is 0 Å². The molecular weight excluding hydrogens is 352 g/mol. The van der Waals surface area contributed by atoms with Gasteiger partial charge in [-0.2, -0.15) is 0 Å². The Bertz CT molecular complexity index is 1040. The number of ether oxygens (including phenoxy) is 2. The summed E-state index contributed by atoms with van der Waals surface area (Å²) in [6, 6.07) is 26.1. The number of nitrogen functional groups attached to an aromatic ring is 1. The van der Waals surface area contributed by atoms with Crippen molar-refractivity contribution in [2.24, 2.45) is 0 Å². The number of hydrogen-bond donors (Lipinski definition) is 2. The molecule has 6 heteroatoms. The largest absolute Gasteiger partial charge is 0.457 e. The van der Waals surface area contributed by atoms with Crippen LogP contribution in [-0.2, 0) is 0 Å². The van der Waals surface area contributed by atoms with Gasteiger partial charge in [0.15, 0.2) is 0 Å². The zero-order chi connectivity index (χ0) is 19.2. The number of hydrogen-bond acceptors (Lipinski definition) is 6. The Kier molecular flexibility index (Phi) is 5.02. The van der Waals surface area contributed by atoms with Crippen molar-refractivity contribution in [1.82, 2.24) is 9.97 Å². The summed E-state index contributed by atoms with van der Waals surface area (Å²) in [6.45, 7) is 0. The van der Waals surface area contributed by atoms with Gasteiger partial charge < -0.3 is 20.5 Å². The number of nitrogens with one attached hydrogen (secondary N) is 1. The molecular formula is C22H18N4O2. The van der Waals surface area contributed by atoms with Gasteiger partial charge in [0.25, 0.3) is 0 Å². The molecule has 0 atom stereocenters. The molecule has 0 saturated carbocycles. The van der Waals surface area contributed by atoms with Crippen molar-refractivity contribution in [1.29, 1.82) is 0 Å². The molecule has 138 valence electrons. The summed E-state index contributed by atoms with van der Waals surface area (Å²) in [6.07, 6.45) is 1.45. The van der Waals surface area contributed by atoms with Crippen LogP contribution in [-0.4, -0.2) is 9.97 Å². The number of nitrogens with two attached hydrogens (primary N) is 1. The van der Waals surface area contributed by atoms with Crippen molar-refractivity contribution in [2.75, 3.05) is 11.1 Å². The minimum atomic E-state index is 0.435. The van der Waals surface area contributed by atoms with Crippen LogP contribution in [0.3, 0.4) is 0 Å². The summed E-state index contributed by atoms with van der Waals surface area (Å²) in [5.41, 5.74) is 7.28. The highest BCUT2D eigenvalue weighted by atomic mass is 16.5. The fourth-order valence-electron chi connectivity index (χ4n) is 2.50. The molecule has 4 aromatic rings. The molecule has 0 bridgehead atoms. The van der Waals surface area contributed by atoms with Crippen LogP contribution in [0, 0.1) is 0 Å². The smallest absolute Gasteiger partial charge is 0.224 e. The third kappa shape index (κ3) is 4.56. The number of anilines is 3. The molecule has 0 aliphatic heterocycles. The van der Waals surface area contributed by atoms with E-state index < -0.39 is 0 Å². The van der Waals surface area contributed by atoms with E-state index in [1.165, 1.54) is 6.33 Å². The predicted molar refractivity (Wildman–Crippen MR) is 109 cm³/mol. The third-order valence-electron chi connectivity index (χ3n) is 3.85. The second-order valence-corrected chi connectivity index (χ2v) is 5.98. The highest BCUT2D eigenvalue weighted by Crippen LogP contribution is 2.27. The van der Waals surface area contributed by atoms with Gasteiger partial charge in [0, 0.05) is 17.4 Å². The van der Waals surface area contributed by atoms with Crippen LogP contribution in [0.15, 0.2) is 91.3 Å². The van der Waals surface area contributed by atoms with Crippen LogP contribution >= 0.6 is 0 Å². The van der Waals surface area contributed by atoms with Gasteiger partial charge in [-0.1, -0.05) is 18.2 Å². The van der Waals surface area contributed by atoms with E-state index in [2.05, 4.69) is 15.3 Å². The Hall–Kier alpha value is -4.06. The standard InChI is InChI=1S/C22H18N4O2/c23-16-6-8-17(9-7-16)26-21-14-22(25-15-24-21)28-20-12-10-19(11-13-20)27-18-4-2-1-3-5-18/h1-15H,23H2,(H,24,25,26). The molecule has 0 spiro atoms. The quantitative estimate of drug-likeness (QED) is 0.443. The molecule has 3 N–H and O–H groups in total. The van der Waals surface area contributed by atoms with E-state index >= 15 is 0 Å². The molecule has 0 fully saturated rings. The van der Waals surface area contributed by atoms with E-state index in [0.29, 0.717) is 23.1 Å². The van der Waals surface area contributed by atoms with E-state index in [1.54, 1.807) is 6.07 Å². The van der Waals surface area contributed by atoms with Crippen LogP contribution in [0.4, 0.5) is 17.2 Å². The van der Waals surface area contributed by atoms with Gasteiger partial charge in [0.2, 0.25) is 5.88 Å². The van der Waals surface area contributed by atoms with Gasteiger partial charge in [0.05, 0.1) is 0 Å². The number of nitrogens with zero attached hydrogens (tertiary/aromatic N) is 2. The summed E-state index contributed by atoms with van der Waals surface area (Å²) < 4.78 is 11.6. The van der Waals surface area contributed by atoms with Gasteiger partial charge in [-0.3, -0.25) is 0 Å². The molecule has 1 aromatic heterocycles. The molecule has 4 rings (SSSR count). The average Bonchev–Trinajstić information content (AvgIpc) is 2.72. The zero-order valence-electron chi connectivity index (χ0n) is 14.9. The van der Waals surface area contributed by atoms with Gasteiger partial charge in [-0.25, -0.2) is 9.97 Å². The Balaban J connectivity index is 1.42. The molecule has 6 nitrogen and oxygen atoms in total. The molecule has 0 aliphatic rings. The fourth-order valence-corrected chi connectivity index (χ4v) is 2.50. The highest BCUT2D eigenvalue weighted by molar-refractivity contribution is 5.59. The number of para-hydroxylation sites is 1.